The second kappa shape index (κ2) is 6.94. The van der Waals surface area contributed by atoms with E-state index in [-0.39, 0.29) is 11.3 Å². The van der Waals surface area contributed by atoms with E-state index in [9.17, 15) is 4.79 Å². The molecular weight excluding hydrogens is 264 g/mol. The van der Waals surface area contributed by atoms with E-state index < -0.39 is 0 Å². The smallest absolute Gasteiger partial charge is 0.223 e. The minimum Gasteiger partial charge on any atom is -0.492 e. The summed E-state index contributed by atoms with van der Waals surface area (Å²) in [4.78, 5) is 14.0. The molecule has 2 N–H and O–H groups in total. The van der Waals surface area contributed by atoms with Crippen LogP contribution in [0.4, 0.5) is 0 Å². The lowest BCUT2D eigenvalue weighted by Crippen LogP contribution is -2.43. The summed E-state index contributed by atoms with van der Waals surface area (Å²) < 4.78 is 5.66. The van der Waals surface area contributed by atoms with Gasteiger partial charge in [0.2, 0.25) is 5.91 Å². The molecule has 0 unspecified atom stereocenters. The average molecular weight is 290 g/mol. The van der Waals surface area contributed by atoms with Crippen LogP contribution < -0.4 is 10.5 Å². The van der Waals surface area contributed by atoms with Crippen LogP contribution in [0.1, 0.15) is 31.2 Å². The first-order valence-electron chi connectivity index (χ1n) is 7.68. The minimum atomic E-state index is 0.0726. The Balaban J connectivity index is 1.72. The highest BCUT2D eigenvalue weighted by Gasteiger charge is 2.38. The van der Waals surface area contributed by atoms with Crippen LogP contribution in [0.15, 0.2) is 24.3 Å². The van der Waals surface area contributed by atoms with E-state index in [1.807, 2.05) is 38.2 Å². The lowest BCUT2D eigenvalue weighted by molar-refractivity contribution is -0.134. The van der Waals surface area contributed by atoms with Gasteiger partial charge in [-0.05, 0) is 43.9 Å². The standard InChI is InChI=1S/C17H26N2O2/c1-14-4-6-15(7-5-14)21-11-10-19(2)16(20)12-17(13-18)8-3-9-17/h4-7H,3,8-13,18H2,1-2H3. The van der Waals surface area contributed by atoms with Crippen molar-refractivity contribution in [1.29, 1.82) is 0 Å². The van der Waals surface area contributed by atoms with Crippen LogP contribution in [0, 0.1) is 12.3 Å². The molecule has 2 rings (SSSR count). The van der Waals surface area contributed by atoms with E-state index in [0.29, 0.717) is 26.1 Å². The van der Waals surface area contributed by atoms with Gasteiger partial charge in [-0.1, -0.05) is 24.1 Å². The summed E-state index contributed by atoms with van der Waals surface area (Å²) in [5.41, 5.74) is 7.09. The molecule has 4 heteroatoms. The molecule has 1 fully saturated rings. The van der Waals surface area contributed by atoms with Gasteiger partial charge in [0.1, 0.15) is 12.4 Å². The fourth-order valence-electron chi connectivity index (χ4n) is 2.65. The molecule has 0 heterocycles. The van der Waals surface area contributed by atoms with Crippen LogP contribution >= 0.6 is 0 Å². The summed E-state index contributed by atoms with van der Waals surface area (Å²) in [6.45, 7) is 3.78. The van der Waals surface area contributed by atoms with Crippen molar-refractivity contribution in [2.24, 2.45) is 11.1 Å². The molecule has 1 aliphatic rings. The molecule has 4 nitrogen and oxygen atoms in total. The Morgan fingerprint density at radius 3 is 2.52 bits per heavy atom. The van der Waals surface area contributed by atoms with Gasteiger partial charge in [-0.3, -0.25) is 4.79 Å². The maximum absolute atomic E-state index is 12.2. The number of amides is 1. The molecule has 0 spiro atoms. The predicted octanol–water partition coefficient (Wildman–Crippen LogP) is 2.35. The van der Waals surface area contributed by atoms with E-state index in [1.54, 1.807) is 4.90 Å². The second-order valence-corrected chi connectivity index (χ2v) is 6.21. The number of rotatable bonds is 7. The van der Waals surface area contributed by atoms with Crippen LogP contribution in [-0.4, -0.2) is 37.6 Å². The molecule has 1 aromatic rings. The Hall–Kier alpha value is -1.55. The maximum atomic E-state index is 12.2. The molecule has 0 bridgehead atoms. The number of carbonyl (C=O) groups excluding carboxylic acids is 1. The SMILES string of the molecule is Cc1ccc(OCCN(C)C(=O)CC2(CN)CCC2)cc1. The molecule has 0 atom stereocenters. The van der Waals surface area contributed by atoms with Gasteiger partial charge in [-0.2, -0.15) is 0 Å². The third kappa shape index (κ3) is 4.21. The number of hydrogen-bond acceptors (Lipinski definition) is 3. The number of nitrogens with zero attached hydrogens (tertiary/aromatic N) is 1. The highest BCUT2D eigenvalue weighted by Crippen LogP contribution is 2.43. The lowest BCUT2D eigenvalue weighted by atomic mass is 9.66. The minimum absolute atomic E-state index is 0.0726. The van der Waals surface area contributed by atoms with E-state index >= 15 is 0 Å². The number of carbonyl (C=O) groups is 1. The number of nitrogens with two attached hydrogens (primary N) is 1. The number of likely N-dealkylation sites (N-methyl/N-ethyl adjacent to an activating group) is 1. The largest absolute Gasteiger partial charge is 0.492 e. The van der Waals surface area contributed by atoms with Crippen molar-refractivity contribution in [3.63, 3.8) is 0 Å². The first-order valence-corrected chi connectivity index (χ1v) is 7.68. The Bertz CT molecular complexity index is 461. The van der Waals surface area contributed by atoms with Gasteiger partial charge in [-0.25, -0.2) is 0 Å². The van der Waals surface area contributed by atoms with Gasteiger partial charge in [0.05, 0.1) is 6.54 Å². The van der Waals surface area contributed by atoms with E-state index in [4.69, 9.17) is 10.5 Å². The Kier molecular flexibility index (Phi) is 5.23. The maximum Gasteiger partial charge on any atom is 0.223 e. The van der Waals surface area contributed by atoms with Gasteiger partial charge < -0.3 is 15.4 Å². The van der Waals surface area contributed by atoms with Crippen LogP contribution in [0.2, 0.25) is 0 Å². The monoisotopic (exact) mass is 290 g/mol. The quantitative estimate of drug-likeness (QED) is 0.838. The van der Waals surface area contributed by atoms with Crippen molar-refractivity contribution < 1.29 is 9.53 Å². The second-order valence-electron chi connectivity index (χ2n) is 6.21. The zero-order chi connectivity index (χ0) is 15.3. The molecule has 1 aliphatic carbocycles. The van der Waals surface area contributed by atoms with Gasteiger partial charge >= 0.3 is 0 Å². The summed E-state index contributed by atoms with van der Waals surface area (Å²) in [6, 6.07) is 7.95. The molecule has 1 aromatic carbocycles. The van der Waals surface area contributed by atoms with E-state index in [2.05, 4.69) is 0 Å². The van der Waals surface area contributed by atoms with Crippen LogP contribution in [-0.2, 0) is 4.79 Å². The fraction of sp³-hybridized carbons (Fsp3) is 0.588. The van der Waals surface area contributed by atoms with Crippen molar-refractivity contribution in [3.05, 3.63) is 29.8 Å². The highest BCUT2D eigenvalue weighted by molar-refractivity contribution is 5.76. The van der Waals surface area contributed by atoms with E-state index in [0.717, 1.165) is 18.6 Å². The summed E-state index contributed by atoms with van der Waals surface area (Å²) >= 11 is 0. The number of ether oxygens (including phenoxy) is 1. The molecular formula is C17H26N2O2. The Morgan fingerprint density at radius 1 is 1.33 bits per heavy atom. The number of hydrogen-bond donors (Lipinski definition) is 1. The zero-order valence-corrected chi connectivity index (χ0v) is 13.1. The van der Waals surface area contributed by atoms with Gasteiger partial charge in [0.15, 0.2) is 0 Å². The lowest BCUT2D eigenvalue weighted by Gasteiger charge is -2.41. The third-order valence-corrected chi connectivity index (χ3v) is 4.52. The third-order valence-electron chi connectivity index (χ3n) is 4.52. The zero-order valence-electron chi connectivity index (χ0n) is 13.1. The molecule has 1 amide bonds. The number of aryl methyl sites for hydroxylation is 1. The molecule has 1 saturated carbocycles. The summed E-state index contributed by atoms with van der Waals surface area (Å²) in [6.07, 6.45) is 3.95. The molecule has 0 radical (unpaired) electrons. The molecule has 0 saturated heterocycles. The van der Waals surface area contributed by atoms with Gasteiger partial charge in [-0.15, -0.1) is 0 Å². The molecule has 21 heavy (non-hydrogen) atoms. The van der Waals surface area contributed by atoms with E-state index in [1.165, 1.54) is 12.0 Å². The van der Waals surface area contributed by atoms with Crippen LogP contribution in [0.25, 0.3) is 0 Å². The molecule has 116 valence electrons. The summed E-state index contributed by atoms with van der Waals surface area (Å²) in [5.74, 6) is 1.02. The van der Waals surface area contributed by atoms with Crippen molar-refractivity contribution in [1.82, 2.24) is 4.90 Å². The van der Waals surface area contributed by atoms with Crippen molar-refractivity contribution in [2.75, 3.05) is 26.7 Å². The topological polar surface area (TPSA) is 55.6 Å². The summed E-state index contributed by atoms with van der Waals surface area (Å²) in [5, 5.41) is 0. The van der Waals surface area contributed by atoms with Crippen molar-refractivity contribution in [3.8, 4) is 5.75 Å². The average Bonchev–Trinajstić information content (AvgIpc) is 2.44. The van der Waals surface area contributed by atoms with Crippen molar-refractivity contribution in [2.45, 2.75) is 32.6 Å². The van der Waals surface area contributed by atoms with Crippen molar-refractivity contribution >= 4 is 5.91 Å². The van der Waals surface area contributed by atoms with Crippen LogP contribution in [0.3, 0.4) is 0 Å². The normalized spacial score (nSPS) is 16.1. The number of benzene rings is 1. The Morgan fingerprint density at radius 2 is 2.00 bits per heavy atom. The fourth-order valence-corrected chi connectivity index (χ4v) is 2.65. The predicted molar refractivity (Wildman–Crippen MR) is 84.3 cm³/mol. The highest BCUT2D eigenvalue weighted by atomic mass is 16.5. The van der Waals surface area contributed by atoms with Crippen LogP contribution in [0.5, 0.6) is 5.75 Å². The van der Waals surface area contributed by atoms with Gasteiger partial charge in [0, 0.05) is 13.5 Å². The molecule has 0 aromatic heterocycles. The van der Waals surface area contributed by atoms with Gasteiger partial charge in [0.25, 0.3) is 0 Å². The molecule has 0 aliphatic heterocycles. The first kappa shape index (κ1) is 15.8. The first-order chi connectivity index (χ1) is 10.0. The Labute approximate surface area is 127 Å². The summed E-state index contributed by atoms with van der Waals surface area (Å²) in [7, 11) is 1.84.